The molecule has 0 bridgehead atoms. The van der Waals surface area contributed by atoms with Crippen LogP contribution < -0.4 is 4.74 Å². The van der Waals surface area contributed by atoms with E-state index in [0.717, 1.165) is 0 Å². The number of thiophene rings is 1. The molecule has 3 rings (SSSR count). The Balaban J connectivity index is 1.94. The van der Waals surface area contributed by atoms with Crippen molar-refractivity contribution in [3.63, 3.8) is 0 Å². The Bertz CT molecular complexity index is 960. The third kappa shape index (κ3) is 3.86. The van der Waals surface area contributed by atoms with Gasteiger partial charge in [0, 0.05) is 16.9 Å². The number of carbonyl (C=O) groups is 1. The van der Waals surface area contributed by atoms with Crippen molar-refractivity contribution in [2.24, 2.45) is 0 Å². The number of ketones is 1. The molecular weight excluding hydrogens is 368 g/mol. The minimum absolute atomic E-state index is 0.107. The molecule has 3 aromatic rings. The Kier molecular flexibility index (Phi) is 5.54. The zero-order chi connectivity index (χ0) is 18.6. The van der Waals surface area contributed by atoms with Crippen LogP contribution in [0, 0.1) is 0 Å². The molecule has 2 aromatic carbocycles. The van der Waals surface area contributed by atoms with Crippen molar-refractivity contribution in [1.82, 2.24) is 0 Å². The van der Waals surface area contributed by atoms with Crippen LogP contribution in [0.15, 0.2) is 77.0 Å². The summed E-state index contributed by atoms with van der Waals surface area (Å²) in [5.74, 6) is 0.429. The smallest absolute Gasteiger partial charge is 0.186 e. The number of hydrogen-bond acceptors (Lipinski definition) is 5. The van der Waals surface area contributed by atoms with Crippen LogP contribution in [0.5, 0.6) is 5.75 Å². The van der Waals surface area contributed by atoms with Gasteiger partial charge in [-0.1, -0.05) is 24.3 Å². The second-order valence-electron chi connectivity index (χ2n) is 5.72. The van der Waals surface area contributed by atoms with Gasteiger partial charge in [0.1, 0.15) is 11.0 Å². The highest BCUT2D eigenvalue weighted by Gasteiger charge is 2.32. The van der Waals surface area contributed by atoms with Crippen LogP contribution in [0.25, 0.3) is 0 Å². The molecule has 1 heterocycles. The van der Waals surface area contributed by atoms with E-state index in [1.165, 1.54) is 11.3 Å². The van der Waals surface area contributed by atoms with Crippen LogP contribution in [-0.4, -0.2) is 21.3 Å². The lowest BCUT2D eigenvalue weighted by atomic mass is 10.1. The highest BCUT2D eigenvalue weighted by atomic mass is 32.2. The molecule has 4 nitrogen and oxygen atoms in total. The van der Waals surface area contributed by atoms with Gasteiger partial charge in [-0.25, -0.2) is 8.42 Å². The molecule has 1 atom stereocenters. The second-order valence-corrected chi connectivity index (χ2v) is 8.83. The number of hydrogen-bond donors (Lipinski definition) is 0. The minimum atomic E-state index is -3.68. The zero-order valence-corrected chi connectivity index (χ0v) is 15.8. The first-order valence-electron chi connectivity index (χ1n) is 8.02. The SMILES string of the molecule is COc1ccc(C(=O)CC(c2cccs2)S(=O)(=O)c2ccccc2)cc1. The second kappa shape index (κ2) is 7.85. The number of benzene rings is 2. The van der Waals surface area contributed by atoms with Crippen molar-refractivity contribution in [3.8, 4) is 5.75 Å². The van der Waals surface area contributed by atoms with Gasteiger partial charge in [-0.05, 0) is 47.8 Å². The van der Waals surface area contributed by atoms with E-state index < -0.39 is 15.1 Å². The van der Waals surface area contributed by atoms with Gasteiger partial charge in [0.05, 0.1) is 12.0 Å². The molecule has 0 amide bonds. The Morgan fingerprint density at radius 2 is 1.69 bits per heavy atom. The van der Waals surface area contributed by atoms with Crippen molar-refractivity contribution in [1.29, 1.82) is 0 Å². The van der Waals surface area contributed by atoms with E-state index in [9.17, 15) is 13.2 Å². The lowest BCUT2D eigenvalue weighted by Gasteiger charge is -2.16. The summed E-state index contributed by atoms with van der Waals surface area (Å²) in [6, 6.07) is 18.5. The van der Waals surface area contributed by atoms with Crippen LogP contribution in [0.1, 0.15) is 26.9 Å². The average Bonchev–Trinajstić information content (AvgIpc) is 3.20. The Hall–Kier alpha value is -2.44. The maximum Gasteiger partial charge on any atom is 0.186 e. The summed E-state index contributed by atoms with van der Waals surface area (Å²) in [5.41, 5.74) is 0.468. The Labute approximate surface area is 157 Å². The largest absolute Gasteiger partial charge is 0.497 e. The Morgan fingerprint density at radius 1 is 1.00 bits per heavy atom. The Morgan fingerprint density at radius 3 is 2.27 bits per heavy atom. The summed E-state index contributed by atoms with van der Waals surface area (Å²) in [4.78, 5) is 13.6. The summed E-state index contributed by atoms with van der Waals surface area (Å²) >= 11 is 1.34. The van der Waals surface area contributed by atoms with E-state index in [4.69, 9.17) is 4.74 Å². The first-order valence-corrected chi connectivity index (χ1v) is 10.4. The number of rotatable bonds is 7. The minimum Gasteiger partial charge on any atom is -0.497 e. The summed E-state index contributed by atoms with van der Waals surface area (Å²) in [5, 5.41) is 0.917. The molecule has 0 spiro atoms. The first kappa shape index (κ1) is 18.4. The van der Waals surface area contributed by atoms with Gasteiger partial charge in [0.15, 0.2) is 15.6 Å². The molecule has 0 N–H and O–H groups in total. The van der Waals surface area contributed by atoms with E-state index >= 15 is 0 Å². The fourth-order valence-electron chi connectivity index (χ4n) is 2.68. The quantitative estimate of drug-likeness (QED) is 0.559. The maximum absolute atomic E-state index is 13.1. The maximum atomic E-state index is 13.1. The molecule has 0 aliphatic carbocycles. The summed E-state index contributed by atoms with van der Waals surface area (Å²) in [6.07, 6.45) is -0.107. The van der Waals surface area contributed by atoms with E-state index in [2.05, 4.69) is 0 Å². The van der Waals surface area contributed by atoms with Gasteiger partial charge in [0.25, 0.3) is 0 Å². The first-order chi connectivity index (χ1) is 12.5. The molecule has 0 radical (unpaired) electrons. The van der Waals surface area contributed by atoms with Crippen molar-refractivity contribution in [2.75, 3.05) is 7.11 Å². The molecule has 26 heavy (non-hydrogen) atoms. The van der Waals surface area contributed by atoms with Crippen LogP contribution in [-0.2, 0) is 9.84 Å². The van der Waals surface area contributed by atoms with Crippen molar-refractivity contribution < 1.29 is 17.9 Å². The zero-order valence-electron chi connectivity index (χ0n) is 14.2. The molecule has 1 unspecified atom stereocenters. The number of Topliss-reactive ketones (excluding diaryl/α,β-unsaturated/α-hetero) is 1. The monoisotopic (exact) mass is 386 g/mol. The lowest BCUT2D eigenvalue weighted by Crippen LogP contribution is -2.17. The fraction of sp³-hybridized carbons (Fsp3) is 0.150. The van der Waals surface area contributed by atoms with E-state index in [1.807, 2.05) is 5.38 Å². The van der Waals surface area contributed by atoms with Gasteiger partial charge in [-0.3, -0.25) is 4.79 Å². The van der Waals surface area contributed by atoms with Crippen LogP contribution >= 0.6 is 11.3 Å². The molecule has 1 aromatic heterocycles. The molecule has 0 fully saturated rings. The molecule has 134 valence electrons. The van der Waals surface area contributed by atoms with E-state index in [0.29, 0.717) is 16.2 Å². The van der Waals surface area contributed by atoms with Crippen LogP contribution in [0.4, 0.5) is 0 Å². The average molecular weight is 386 g/mol. The molecular formula is C20H18O4S2. The standard InChI is InChI=1S/C20H18O4S2/c1-24-16-11-9-15(10-12-16)18(21)14-20(19-8-5-13-25-19)26(22,23)17-6-3-2-4-7-17/h2-13,20H,14H2,1H3. The number of carbonyl (C=O) groups excluding carboxylic acids is 1. The highest BCUT2D eigenvalue weighted by Crippen LogP contribution is 2.35. The number of ether oxygens (including phenoxy) is 1. The summed E-state index contributed by atoms with van der Waals surface area (Å²) in [6.45, 7) is 0. The normalized spacial score (nSPS) is 12.5. The fourth-order valence-corrected chi connectivity index (χ4v) is 5.55. The van der Waals surface area contributed by atoms with Crippen LogP contribution in [0.3, 0.4) is 0 Å². The molecule has 0 aliphatic heterocycles. The summed E-state index contributed by atoms with van der Waals surface area (Å²) in [7, 11) is -2.12. The van der Waals surface area contributed by atoms with Crippen molar-refractivity contribution >= 4 is 27.0 Å². The topological polar surface area (TPSA) is 60.4 Å². The lowest BCUT2D eigenvalue weighted by molar-refractivity contribution is 0.0981. The van der Waals surface area contributed by atoms with Crippen LogP contribution in [0.2, 0.25) is 0 Å². The van der Waals surface area contributed by atoms with Gasteiger partial charge in [-0.15, -0.1) is 11.3 Å². The predicted molar refractivity (Wildman–Crippen MR) is 103 cm³/mol. The van der Waals surface area contributed by atoms with Gasteiger partial charge < -0.3 is 4.74 Å². The molecule has 0 aliphatic rings. The van der Waals surface area contributed by atoms with E-state index in [-0.39, 0.29) is 17.1 Å². The third-order valence-electron chi connectivity index (χ3n) is 4.09. The molecule has 0 saturated carbocycles. The van der Waals surface area contributed by atoms with Gasteiger partial charge in [0.2, 0.25) is 0 Å². The summed E-state index contributed by atoms with van der Waals surface area (Å²) < 4.78 is 31.4. The molecule has 0 saturated heterocycles. The molecule has 6 heteroatoms. The van der Waals surface area contributed by atoms with Gasteiger partial charge in [-0.2, -0.15) is 0 Å². The predicted octanol–water partition coefficient (Wildman–Crippen LogP) is 4.54. The number of methoxy groups -OCH3 is 1. The number of sulfone groups is 1. The van der Waals surface area contributed by atoms with Crippen molar-refractivity contribution in [3.05, 3.63) is 82.6 Å². The van der Waals surface area contributed by atoms with Crippen molar-refractivity contribution in [2.45, 2.75) is 16.6 Å². The third-order valence-corrected chi connectivity index (χ3v) is 7.32. The van der Waals surface area contributed by atoms with Gasteiger partial charge >= 0.3 is 0 Å². The highest BCUT2D eigenvalue weighted by molar-refractivity contribution is 7.91. The van der Waals surface area contributed by atoms with E-state index in [1.54, 1.807) is 73.8 Å².